The highest BCUT2D eigenvalue weighted by molar-refractivity contribution is 5.80. The van der Waals surface area contributed by atoms with E-state index in [-0.39, 0.29) is 24.3 Å². The molecular formula is C19H26N2O3. The van der Waals surface area contributed by atoms with Crippen LogP contribution in [0.25, 0.3) is 0 Å². The van der Waals surface area contributed by atoms with Gasteiger partial charge in [-0.3, -0.25) is 9.59 Å². The van der Waals surface area contributed by atoms with E-state index in [0.717, 1.165) is 37.1 Å². The van der Waals surface area contributed by atoms with Gasteiger partial charge < -0.3 is 14.5 Å². The van der Waals surface area contributed by atoms with Crippen LogP contribution in [0.3, 0.4) is 0 Å². The Morgan fingerprint density at radius 2 is 1.75 bits per heavy atom. The number of rotatable bonds is 4. The standard InChI is InChI=1S/C19H26N2O3/c1-15-6-2-3-9-17(15)24-14-18(22)20-10-5-11-21(13-12-20)19(23)16-7-4-8-16/h2-3,6,9,16H,4-5,7-8,10-14H2,1H3. The lowest BCUT2D eigenvalue weighted by molar-refractivity contribution is -0.139. The van der Waals surface area contributed by atoms with Crippen LogP contribution in [0.2, 0.25) is 0 Å². The molecule has 0 spiro atoms. The van der Waals surface area contributed by atoms with Gasteiger partial charge in [0.2, 0.25) is 5.91 Å². The highest BCUT2D eigenvalue weighted by atomic mass is 16.5. The largest absolute Gasteiger partial charge is 0.484 e. The lowest BCUT2D eigenvalue weighted by Crippen LogP contribution is -2.42. The van der Waals surface area contributed by atoms with Crippen LogP contribution in [0.4, 0.5) is 0 Å². The van der Waals surface area contributed by atoms with Crippen LogP contribution in [0.15, 0.2) is 24.3 Å². The topological polar surface area (TPSA) is 49.9 Å². The van der Waals surface area contributed by atoms with E-state index in [1.807, 2.05) is 41.0 Å². The summed E-state index contributed by atoms with van der Waals surface area (Å²) in [6, 6.07) is 7.70. The Kier molecular flexibility index (Phi) is 5.38. The molecule has 1 aromatic rings. The van der Waals surface area contributed by atoms with Gasteiger partial charge in [0.05, 0.1) is 0 Å². The molecule has 1 saturated carbocycles. The molecule has 0 bridgehead atoms. The van der Waals surface area contributed by atoms with Gasteiger partial charge in [0, 0.05) is 32.1 Å². The van der Waals surface area contributed by atoms with Gasteiger partial charge in [-0.2, -0.15) is 0 Å². The van der Waals surface area contributed by atoms with Crippen molar-refractivity contribution in [2.24, 2.45) is 5.92 Å². The fourth-order valence-corrected chi connectivity index (χ4v) is 3.25. The number of carbonyl (C=O) groups excluding carboxylic acids is 2. The number of hydrogen-bond acceptors (Lipinski definition) is 3. The molecular weight excluding hydrogens is 304 g/mol. The summed E-state index contributed by atoms with van der Waals surface area (Å²) in [7, 11) is 0. The number of ether oxygens (including phenoxy) is 1. The maximum absolute atomic E-state index is 12.4. The summed E-state index contributed by atoms with van der Waals surface area (Å²) < 4.78 is 5.66. The first-order chi connectivity index (χ1) is 11.6. The van der Waals surface area contributed by atoms with Gasteiger partial charge in [-0.15, -0.1) is 0 Å². The highest BCUT2D eigenvalue weighted by Gasteiger charge is 2.30. The van der Waals surface area contributed by atoms with Crippen LogP contribution in [0.1, 0.15) is 31.2 Å². The van der Waals surface area contributed by atoms with Crippen molar-refractivity contribution in [3.05, 3.63) is 29.8 Å². The molecule has 0 N–H and O–H groups in total. The lowest BCUT2D eigenvalue weighted by atomic mass is 9.84. The third-order valence-corrected chi connectivity index (χ3v) is 5.06. The van der Waals surface area contributed by atoms with Crippen molar-refractivity contribution < 1.29 is 14.3 Å². The molecule has 130 valence electrons. The fourth-order valence-electron chi connectivity index (χ4n) is 3.25. The number of amides is 2. The van der Waals surface area contributed by atoms with Crippen LogP contribution in [-0.2, 0) is 9.59 Å². The van der Waals surface area contributed by atoms with Crippen LogP contribution < -0.4 is 4.74 Å². The summed E-state index contributed by atoms with van der Waals surface area (Å²) >= 11 is 0. The Balaban J connectivity index is 1.49. The Hall–Kier alpha value is -2.04. The van der Waals surface area contributed by atoms with Crippen LogP contribution in [0.5, 0.6) is 5.75 Å². The number of benzene rings is 1. The molecule has 0 aromatic heterocycles. The van der Waals surface area contributed by atoms with Crippen molar-refractivity contribution in [3.63, 3.8) is 0 Å². The average molecular weight is 330 g/mol. The van der Waals surface area contributed by atoms with E-state index in [2.05, 4.69) is 0 Å². The van der Waals surface area contributed by atoms with E-state index >= 15 is 0 Å². The smallest absolute Gasteiger partial charge is 0.260 e. The average Bonchev–Trinajstić information content (AvgIpc) is 2.78. The third kappa shape index (κ3) is 3.89. The minimum atomic E-state index is -0.00352. The molecule has 2 amide bonds. The second-order valence-electron chi connectivity index (χ2n) is 6.74. The molecule has 1 saturated heterocycles. The molecule has 2 fully saturated rings. The van der Waals surface area contributed by atoms with Crippen LogP contribution >= 0.6 is 0 Å². The first-order valence-corrected chi connectivity index (χ1v) is 8.90. The molecule has 0 unspecified atom stereocenters. The van der Waals surface area contributed by atoms with E-state index in [4.69, 9.17) is 4.74 Å². The minimum Gasteiger partial charge on any atom is -0.484 e. The molecule has 1 heterocycles. The van der Waals surface area contributed by atoms with Gasteiger partial charge in [0.1, 0.15) is 5.75 Å². The molecule has 1 aliphatic carbocycles. The minimum absolute atomic E-state index is 0.00352. The van der Waals surface area contributed by atoms with Crippen molar-refractivity contribution in [2.75, 3.05) is 32.8 Å². The molecule has 3 rings (SSSR count). The first-order valence-electron chi connectivity index (χ1n) is 8.90. The Bertz CT molecular complexity index is 598. The predicted octanol–water partition coefficient (Wildman–Crippen LogP) is 2.23. The normalized spacial score (nSPS) is 18.7. The quantitative estimate of drug-likeness (QED) is 0.851. The highest BCUT2D eigenvalue weighted by Crippen LogP contribution is 2.28. The van der Waals surface area contributed by atoms with Crippen molar-refractivity contribution >= 4 is 11.8 Å². The van der Waals surface area contributed by atoms with E-state index in [1.165, 1.54) is 6.42 Å². The number of hydrogen-bond donors (Lipinski definition) is 0. The van der Waals surface area contributed by atoms with Crippen molar-refractivity contribution in [1.29, 1.82) is 0 Å². The summed E-state index contributed by atoms with van der Waals surface area (Å²) in [5.74, 6) is 1.27. The Morgan fingerprint density at radius 3 is 2.46 bits per heavy atom. The van der Waals surface area contributed by atoms with E-state index in [0.29, 0.717) is 19.6 Å². The molecule has 5 heteroatoms. The SMILES string of the molecule is Cc1ccccc1OCC(=O)N1CCCN(C(=O)C2CCC2)CC1. The molecule has 0 atom stereocenters. The molecule has 5 nitrogen and oxygen atoms in total. The zero-order chi connectivity index (χ0) is 16.9. The van der Waals surface area contributed by atoms with Gasteiger partial charge in [-0.1, -0.05) is 24.6 Å². The maximum Gasteiger partial charge on any atom is 0.260 e. The van der Waals surface area contributed by atoms with E-state index < -0.39 is 0 Å². The molecule has 2 aliphatic rings. The van der Waals surface area contributed by atoms with Gasteiger partial charge in [-0.25, -0.2) is 0 Å². The monoisotopic (exact) mass is 330 g/mol. The Labute approximate surface area is 143 Å². The van der Waals surface area contributed by atoms with Crippen LogP contribution in [0, 0.1) is 12.8 Å². The summed E-state index contributed by atoms with van der Waals surface area (Å²) in [5.41, 5.74) is 1.03. The zero-order valence-electron chi connectivity index (χ0n) is 14.4. The molecule has 24 heavy (non-hydrogen) atoms. The lowest BCUT2D eigenvalue weighted by Gasteiger charge is -2.31. The van der Waals surface area contributed by atoms with Crippen molar-refractivity contribution in [2.45, 2.75) is 32.6 Å². The molecule has 0 radical (unpaired) electrons. The van der Waals surface area contributed by atoms with Gasteiger partial charge >= 0.3 is 0 Å². The number of carbonyl (C=O) groups is 2. The second-order valence-corrected chi connectivity index (χ2v) is 6.74. The van der Waals surface area contributed by atoms with Gasteiger partial charge in [0.25, 0.3) is 5.91 Å². The third-order valence-electron chi connectivity index (χ3n) is 5.06. The zero-order valence-corrected chi connectivity index (χ0v) is 14.4. The summed E-state index contributed by atoms with van der Waals surface area (Å²) in [6.07, 6.45) is 4.07. The Morgan fingerprint density at radius 1 is 1.04 bits per heavy atom. The second kappa shape index (κ2) is 7.69. The first kappa shape index (κ1) is 16.8. The van der Waals surface area contributed by atoms with Gasteiger partial charge in [0.15, 0.2) is 6.61 Å². The number of aryl methyl sites for hydroxylation is 1. The molecule has 1 aromatic carbocycles. The predicted molar refractivity (Wildman–Crippen MR) is 91.8 cm³/mol. The van der Waals surface area contributed by atoms with Crippen molar-refractivity contribution in [1.82, 2.24) is 9.80 Å². The van der Waals surface area contributed by atoms with E-state index in [9.17, 15) is 9.59 Å². The maximum atomic E-state index is 12.4. The van der Waals surface area contributed by atoms with Gasteiger partial charge in [-0.05, 0) is 37.8 Å². The van der Waals surface area contributed by atoms with Crippen molar-refractivity contribution in [3.8, 4) is 5.75 Å². The summed E-state index contributed by atoms with van der Waals surface area (Å²) in [6.45, 7) is 4.74. The molecule has 1 aliphatic heterocycles. The number of nitrogens with zero attached hydrogens (tertiary/aromatic N) is 2. The summed E-state index contributed by atoms with van der Waals surface area (Å²) in [4.78, 5) is 28.5. The van der Waals surface area contributed by atoms with Crippen LogP contribution in [-0.4, -0.2) is 54.4 Å². The number of para-hydroxylation sites is 1. The fraction of sp³-hybridized carbons (Fsp3) is 0.579. The van der Waals surface area contributed by atoms with E-state index in [1.54, 1.807) is 0 Å². The summed E-state index contributed by atoms with van der Waals surface area (Å²) in [5, 5.41) is 0.